The summed E-state index contributed by atoms with van der Waals surface area (Å²) in [6.45, 7) is 0. The van der Waals surface area contributed by atoms with E-state index in [4.69, 9.17) is 11.0 Å². The minimum Gasteiger partial charge on any atom is -0.398 e. The summed E-state index contributed by atoms with van der Waals surface area (Å²) in [5.74, 6) is -2.82. The molecule has 2 aromatic carbocycles. The molecule has 0 radical (unpaired) electrons. The molecule has 0 bridgehead atoms. The molecule has 0 aliphatic heterocycles. The van der Waals surface area contributed by atoms with Gasteiger partial charge in [0.2, 0.25) is 0 Å². The lowest BCUT2D eigenvalue weighted by Crippen LogP contribution is -2.27. The summed E-state index contributed by atoms with van der Waals surface area (Å²) in [6, 6.07) is 9.76. The molecule has 0 aromatic heterocycles. The summed E-state index contributed by atoms with van der Waals surface area (Å²) in [4.78, 5) is 13.5. The van der Waals surface area contributed by atoms with Crippen LogP contribution in [-0.2, 0) is 0 Å². The van der Waals surface area contributed by atoms with Crippen molar-refractivity contribution < 1.29 is 13.6 Å². The second kappa shape index (κ2) is 5.59. The molecule has 0 aliphatic rings. The quantitative estimate of drug-likeness (QED) is 0.863. The van der Waals surface area contributed by atoms with E-state index < -0.39 is 17.5 Å². The van der Waals surface area contributed by atoms with Crippen molar-refractivity contribution >= 4 is 17.3 Å². The number of benzene rings is 2. The van der Waals surface area contributed by atoms with E-state index in [0.717, 1.165) is 12.1 Å². The molecule has 0 fully saturated rings. The van der Waals surface area contributed by atoms with Crippen molar-refractivity contribution in [3.63, 3.8) is 0 Å². The maximum Gasteiger partial charge on any atom is 0.260 e. The zero-order valence-electron chi connectivity index (χ0n) is 11.1. The van der Waals surface area contributed by atoms with Crippen molar-refractivity contribution in [1.29, 1.82) is 5.26 Å². The molecule has 21 heavy (non-hydrogen) atoms. The molecule has 2 aromatic rings. The third kappa shape index (κ3) is 2.82. The highest BCUT2D eigenvalue weighted by atomic mass is 19.2. The number of anilines is 2. The molecule has 0 heterocycles. The van der Waals surface area contributed by atoms with Crippen LogP contribution in [0.3, 0.4) is 0 Å². The van der Waals surface area contributed by atoms with Gasteiger partial charge >= 0.3 is 0 Å². The number of halogens is 2. The van der Waals surface area contributed by atoms with Gasteiger partial charge in [-0.25, -0.2) is 8.78 Å². The van der Waals surface area contributed by atoms with Gasteiger partial charge in [-0.1, -0.05) is 0 Å². The fourth-order valence-electron chi connectivity index (χ4n) is 1.80. The Labute approximate surface area is 120 Å². The molecule has 4 nitrogen and oxygen atoms in total. The minimum atomic E-state index is -1.14. The Bertz CT molecular complexity index is 736. The summed E-state index contributed by atoms with van der Waals surface area (Å²) in [5, 5.41) is 8.72. The zero-order chi connectivity index (χ0) is 15.6. The van der Waals surface area contributed by atoms with Gasteiger partial charge in [0, 0.05) is 24.5 Å². The van der Waals surface area contributed by atoms with E-state index in [1.807, 2.05) is 6.07 Å². The fourth-order valence-corrected chi connectivity index (χ4v) is 1.80. The number of hydrogen-bond donors (Lipinski definition) is 1. The highest BCUT2D eigenvalue weighted by Gasteiger charge is 2.19. The first-order valence-electron chi connectivity index (χ1n) is 5.96. The van der Waals surface area contributed by atoms with E-state index in [-0.39, 0.29) is 11.3 Å². The van der Waals surface area contributed by atoms with Crippen LogP contribution >= 0.6 is 0 Å². The lowest BCUT2D eigenvalue weighted by Gasteiger charge is -2.18. The van der Waals surface area contributed by atoms with Crippen LogP contribution < -0.4 is 10.6 Å². The van der Waals surface area contributed by atoms with Gasteiger partial charge in [0.15, 0.2) is 11.6 Å². The van der Waals surface area contributed by atoms with E-state index in [2.05, 4.69) is 0 Å². The number of carbonyl (C=O) groups is 1. The molecule has 0 aliphatic carbocycles. The van der Waals surface area contributed by atoms with Crippen molar-refractivity contribution in [1.82, 2.24) is 0 Å². The number of carbonyl (C=O) groups excluding carboxylic acids is 1. The standard InChI is InChI=1S/C15H11F2N3O/c1-20(10-4-2-9(8-18)3-5-10)15(21)11-6-12(16)13(17)7-14(11)19/h2-7H,19H2,1H3. The molecule has 0 saturated carbocycles. The third-order valence-corrected chi connectivity index (χ3v) is 3.01. The first-order valence-corrected chi connectivity index (χ1v) is 5.96. The predicted molar refractivity (Wildman–Crippen MR) is 74.7 cm³/mol. The van der Waals surface area contributed by atoms with E-state index in [1.165, 1.54) is 11.9 Å². The van der Waals surface area contributed by atoms with Crippen LogP contribution in [0.5, 0.6) is 0 Å². The van der Waals surface area contributed by atoms with Crippen LogP contribution in [0.15, 0.2) is 36.4 Å². The minimum absolute atomic E-state index is 0.124. The highest BCUT2D eigenvalue weighted by Crippen LogP contribution is 2.22. The van der Waals surface area contributed by atoms with Gasteiger partial charge in [-0.15, -0.1) is 0 Å². The first-order chi connectivity index (χ1) is 9.93. The van der Waals surface area contributed by atoms with Gasteiger partial charge in [-0.05, 0) is 30.3 Å². The largest absolute Gasteiger partial charge is 0.398 e. The molecule has 106 valence electrons. The highest BCUT2D eigenvalue weighted by molar-refractivity contribution is 6.09. The van der Waals surface area contributed by atoms with Crippen molar-refractivity contribution in [3.05, 3.63) is 59.2 Å². The maximum absolute atomic E-state index is 13.2. The fraction of sp³-hybridized carbons (Fsp3) is 0.0667. The Morgan fingerprint density at radius 1 is 1.19 bits per heavy atom. The number of rotatable bonds is 2. The average Bonchev–Trinajstić information content (AvgIpc) is 2.49. The normalized spacial score (nSPS) is 10.0. The average molecular weight is 287 g/mol. The van der Waals surface area contributed by atoms with Crippen molar-refractivity contribution in [2.75, 3.05) is 17.7 Å². The Morgan fingerprint density at radius 2 is 1.76 bits per heavy atom. The molecule has 6 heteroatoms. The molecule has 0 unspecified atom stereocenters. The molecular formula is C15H11F2N3O. The number of amides is 1. The second-order valence-corrected chi connectivity index (χ2v) is 4.38. The summed E-state index contributed by atoms with van der Waals surface area (Å²) in [7, 11) is 1.48. The summed E-state index contributed by atoms with van der Waals surface area (Å²) >= 11 is 0. The number of nitrogens with zero attached hydrogens (tertiary/aromatic N) is 2. The Kier molecular flexibility index (Phi) is 3.85. The number of nitriles is 1. The molecule has 2 rings (SSSR count). The Hall–Kier alpha value is -2.94. The molecule has 1 amide bonds. The van der Waals surface area contributed by atoms with Gasteiger partial charge in [0.05, 0.1) is 17.2 Å². The summed E-state index contributed by atoms with van der Waals surface area (Å²) < 4.78 is 26.3. The Balaban J connectivity index is 2.35. The van der Waals surface area contributed by atoms with Crippen LogP contribution in [0, 0.1) is 23.0 Å². The van der Waals surface area contributed by atoms with Crippen molar-refractivity contribution in [3.8, 4) is 6.07 Å². The maximum atomic E-state index is 13.2. The zero-order valence-corrected chi connectivity index (χ0v) is 11.1. The van der Waals surface area contributed by atoms with Crippen LogP contribution in [0.25, 0.3) is 0 Å². The molecule has 0 spiro atoms. The first kappa shape index (κ1) is 14.5. The molecule has 2 N–H and O–H groups in total. The van der Waals surface area contributed by atoms with Gasteiger partial charge in [-0.3, -0.25) is 4.79 Å². The topological polar surface area (TPSA) is 70.1 Å². The van der Waals surface area contributed by atoms with Crippen molar-refractivity contribution in [2.24, 2.45) is 0 Å². The van der Waals surface area contributed by atoms with Gasteiger partial charge in [0.25, 0.3) is 5.91 Å². The second-order valence-electron chi connectivity index (χ2n) is 4.38. The van der Waals surface area contributed by atoms with Crippen molar-refractivity contribution in [2.45, 2.75) is 0 Å². The van der Waals surface area contributed by atoms with Crippen LogP contribution in [0.2, 0.25) is 0 Å². The molecular weight excluding hydrogens is 276 g/mol. The van der Waals surface area contributed by atoms with Crippen LogP contribution in [0.4, 0.5) is 20.2 Å². The monoisotopic (exact) mass is 287 g/mol. The van der Waals surface area contributed by atoms with Crippen LogP contribution in [-0.4, -0.2) is 13.0 Å². The smallest absolute Gasteiger partial charge is 0.260 e. The van der Waals surface area contributed by atoms with Gasteiger partial charge in [-0.2, -0.15) is 5.26 Å². The number of nitrogens with two attached hydrogens (primary N) is 1. The van der Waals surface area contributed by atoms with E-state index in [1.54, 1.807) is 24.3 Å². The van der Waals surface area contributed by atoms with E-state index >= 15 is 0 Å². The number of hydrogen-bond acceptors (Lipinski definition) is 3. The third-order valence-electron chi connectivity index (χ3n) is 3.01. The SMILES string of the molecule is CN(C(=O)c1cc(F)c(F)cc1N)c1ccc(C#N)cc1. The Morgan fingerprint density at radius 3 is 2.33 bits per heavy atom. The summed E-state index contributed by atoms with van der Waals surface area (Å²) in [6.07, 6.45) is 0. The lowest BCUT2D eigenvalue weighted by molar-refractivity contribution is 0.0993. The molecule has 0 atom stereocenters. The molecule has 0 saturated heterocycles. The van der Waals surface area contributed by atoms with Gasteiger partial charge < -0.3 is 10.6 Å². The van der Waals surface area contributed by atoms with Gasteiger partial charge in [0.1, 0.15) is 0 Å². The predicted octanol–water partition coefficient (Wildman–Crippen LogP) is 2.70. The summed E-state index contributed by atoms with van der Waals surface area (Å²) in [5.41, 5.74) is 6.25. The lowest BCUT2D eigenvalue weighted by atomic mass is 10.1. The van der Waals surface area contributed by atoms with Crippen LogP contribution in [0.1, 0.15) is 15.9 Å². The van der Waals surface area contributed by atoms with E-state index in [0.29, 0.717) is 11.3 Å². The van der Waals surface area contributed by atoms with E-state index in [9.17, 15) is 13.6 Å². The number of nitrogen functional groups attached to an aromatic ring is 1.